The molecule has 3 aliphatic heterocycles. The SMILES string of the molecule is CC1C=C2C=CC(C)C(CCC3CC(O)CC(=O)O3)C2C(OC(=O)NCCCNc2cccc3c2C(=O)N(C2CCC(=O)NC2=O)C3=O)C1. The number of imide groups is 2. The number of carbonyl (C=O) groups is 6. The first kappa shape index (κ1) is 34.3. The van der Waals surface area contributed by atoms with Gasteiger partial charge in [-0.1, -0.05) is 38.1 Å². The maximum absolute atomic E-state index is 13.3. The zero-order valence-electron chi connectivity index (χ0n) is 27.8. The summed E-state index contributed by atoms with van der Waals surface area (Å²) >= 11 is 0. The van der Waals surface area contributed by atoms with Gasteiger partial charge in [0.15, 0.2) is 0 Å². The molecule has 8 unspecified atom stereocenters. The summed E-state index contributed by atoms with van der Waals surface area (Å²) in [5.74, 6) is -1.97. The van der Waals surface area contributed by atoms with Crippen molar-refractivity contribution in [1.29, 1.82) is 0 Å². The normalized spacial score (nSPS) is 31.0. The van der Waals surface area contributed by atoms with Gasteiger partial charge in [-0.2, -0.15) is 0 Å². The maximum atomic E-state index is 13.3. The van der Waals surface area contributed by atoms with Crippen LogP contribution in [-0.2, 0) is 23.9 Å². The minimum atomic E-state index is -1.04. The summed E-state index contributed by atoms with van der Waals surface area (Å²) in [7, 11) is 0. The number of esters is 1. The molecule has 13 nitrogen and oxygen atoms in total. The summed E-state index contributed by atoms with van der Waals surface area (Å²) in [6, 6.07) is 3.84. The van der Waals surface area contributed by atoms with E-state index in [1.807, 2.05) is 0 Å². The van der Waals surface area contributed by atoms with Gasteiger partial charge in [0.1, 0.15) is 18.2 Å². The molecular formula is C36H44N4O9. The predicted molar refractivity (Wildman–Crippen MR) is 176 cm³/mol. The largest absolute Gasteiger partial charge is 0.462 e. The van der Waals surface area contributed by atoms with E-state index in [4.69, 9.17) is 9.47 Å². The lowest BCUT2D eigenvalue weighted by molar-refractivity contribution is -0.160. The molecule has 6 rings (SSSR count). The van der Waals surface area contributed by atoms with E-state index in [1.165, 1.54) is 0 Å². The molecule has 0 aromatic heterocycles. The first-order valence-electron chi connectivity index (χ1n) is 17.3. The topological polar surface area (TPSA) is 180 Å². The van der Waals surface area contributed by atoms with Gasteiger partial charge in [0.25, 0.3) is 11.8 Å². The highest BCUT2D eigenvalue weighted by molar-refractivity contribution is 6.25. The number of rotatable bonds is 10. The number of allylic oxidation sites excluding steroid dienone is 3. The Hall–Kier alpha value is -4.52. The van der Waals surface area contributed by atoms with Crippen molar-refractivity contribution >= 4 is 41.4 Å². The molecule has 2 fully saturated rings. The Morgan fingerprint density at radius 1 is 1.08 bits per heavy atom. The molecule has 0 radical (unpaired) electrons. The number of anilines is 1. The van der Waals surface area contributed by atoms with Crippen LogP contribution in [0.1, 0.15) is 85.9 Å². The molecule has 13 heteroatoms. The molecule has 0 saturated carbocycles. The van der Waals surface area contributed by atoms with Gasteiger partial charge in [0.05, 0.1) is 23.7 Å². The van der Waals surface area contributed by atoms with Crippen molar-refractivity contribution in [2.24, 2.45) is 23.7 Å². The molecule has 262 valence electrons. The van der Waals surface area contributed by atoms with Crippen molar-refractivity contribution < 1.29 is 43.3 Å². The summed E-state index contributed by atoms with van der Waals surface area (Å²) in [6.07, 6.45) is 7.94. The van der Waals surface area contributed by atoms with Gasteiger partial charge in [-0.15, -0.1) is 0 Å². The minimum Gasteiger partial charge on any atom is -0.462 e. The number of aliphatic hydroxyl groups excluding tert-OH is 1. The summed E-state index contributed by atoms with van der Waals surface area (Å²) in [5.41, 5.74) is 1.98. The van der Waals surface area contributed by atoms with Crippen LogP contribution in [0.2, 0.25) is 0 Å². The van der Waals surface area contributed by atoms with E-state index < -0.39 is 41.9 Å². The maximum Gasteiger partial charge on any atom is 0.407 e. The number of hydrogen-bond donors (Lipinski definition) is 4. The van der Waals surface area contributed by atoms with Crippen molar-refractivity contribution in [2.45, 2.75) is 89.6 Å². The number of alkyl carbamates (subject to hydrolysis) is 1. The molecule has 1 aromatic carbocycles. The Bertz CT molecular complexity index is 1590. The predicted octanol–water partition coefficient (Wildman–Crippen LogP) is 3.24. The number of piperidine rings is 1. The van der Waals surface area contributed by atoms with Crippen molar-refractivity contribution in [1.82, 2.24) is 15.5 Å². The standard InChI is InChI=1S/C36H44N4O9/c1-19-15-21-8-7-20(2)24(10-9-23-17-22(41)18-30(43)48-23)31(21)28(16-19)49-36(47)38-14-4-13-37-26-6-3-5-25-32(26)35(46)40(34(25)45)27-11-12-29(42)39-33(27)44/h3,5-8,15,19-20,22-24,27-28,31,37,41H,4,9-14,16-18H2,1-2H3,(H,38,47)(H,39,42,44). The third-order valence-electron chi connectivity index (χ3n) is 10.3. The summed E-state index contributed by atoms with van der Waals surface area (Å²) in [5, 5.41) is 18.3. The van der Waals surface area contributed by atoms with Crippen LogP contribution in [0.4, 0.5) is 10.5 Å². The molecule has 2 aliphatic carbocycles. The van der Waals surface area contributed by atoms with Crippen LogP contribution in [0.25, 0.3) is 0 Å². The van der Waals surface area contributed by atoms with Crippen molar-refractivity contribution in [3.05, 3.63) is 53.1 Å². The molecular weight excluding hydrogens is 632 g/mol. The Morgan fingerprint density at radius 3 is 2.67 bits per heavy atom. The first-order chi connectivity index (χ1) is 23.5. The molecule has 4 N–H and O–H groups in total. The Balaban J connectivity index is 1.01. The van der Waals surface area contributed by atoms with E-state index in [0.717, 1.165) is 16.9 Å². The average Bonchev–Trinajstić information content (AvgIpc) is 3.29. The van der Waals surface area contributed by atoms with Gasteiger partial charge in [-0.05, 0) is 67.6 Å². The van der Waals surface area contributed by atoms with Gasteiger partial charge in [-0.3, -0.25) is 34.2 Å². The minimum absolute atomic E-state index is 0.00740. The molecule has 1 aromatic rings. The number of cyclic esters (lactones) is 1. The second-order valence-electron chi connectivity index (χ2n) is 13.9. The van der Waals surface area contributed by atoms with E-state index in [-0.39, 0.29) is 72.2 Å². The van der Waals surface area contributed by atoms with Crippen molar-refractivity contribution in [3.63, 3.8) is 0 Å². The fourth-order valence-corrected chi connectivity index (χ4v) is 7.98. The number of nitrogens with zero attached hydrogens (tertiary/aromatic N) is 1. The first-order valence-corrected chi connectivity index (χ1v) is 17.3. The quantitative estimate of drug-likeness (QED) is 0.163. The molecule has 49 heavy (non-hydrogen) atoms. The Morgan fingerprint density at radius 2 is 1.90 bits per heavy atom. The number of carbonyl (C=O) groups excluding carboxylic acids is 6. The third-order valence-corrected chi connectivity index (χ3v) is 10.3. The van der Waals surface area contributed by atoms with Crippen LogP contribution in [0.5, 0.6) is 0 Å². The highest BCUT2D eigenvalue weighted by Gasteiger charge is 2.46. The number of amides is 5. The van der Waals surface area contributed by atoms with E-state index in [9.17, 15) is 33.9 Å². The average molecular weight is 677 g/mol. The van der Waals surface area contributed by atoms with Crippen LogP contribution in [0.15, 0.2) is 42.0 Å². The molecule has 3 heterocycles. The fourth-order valence-electron chi connectivity index (χ4n) is 7.98. The van der Waals surface area contributed by atoms with Crippen LogP contribution in [-0.4, -0.2) is 83.1 Å². The van der Waals surface area contributed by atoms with Crippen LogP contribution in [0, 0.1) is 23.7 Å². The number of ether oxygens (including phenoxy) is 2. The van der Waals surface area contributed by atoms with Gasteiger partial charge >= 0.3 is 12.1 Å². The smallest absolute Gasteiger partial charge is 0.407 e. The molecule has 0 bridgehead atoms. The van der Waals surface area contributed by atoms with E-state index >= 15 is 0 Å². The number of nitrogens with one attached hydrogen (secondary N) is 3. The monoisotopic (exact) mass is 676 g/mol. The van der Waals surface area contributed by atoms with Crippen LogP contribution >= 0.6 is 0 Å². The molecule has 0 spiro atoms. The summed E-state index contributed by atoms with van der Waals surface area (Å²) in [4.78, 5) is 76.2. The number of hydrogen-bond acceptors (Lipinski definition) is 10. The summed E-state index contributed by atoms with van der Waals surface area (Å²) in [6.45, 7) is 4.95. The van der Waals surface area contributed by atoms with Crippen molar-refractivity contribution in [2.75, 3.05) is 18.4 Å². The Labute approximate surface area is 284 Å². The Kier molecular flexibility index (Phi) is 10.2. The number of aliphatic hydroxyl groups is 1. The van der Waals surface area contributed by atoms with E-state index in [2.05, 4.69) is 48.0 Å². The zero-order valence-corrected chi connectivity index (χ0v) is 27.8. The second-order valence-corrected chi connectivity index (χ2v) is 13.9. The van der Waals surface area contributed by atoms with Crippen LogP contribution < -0.4 is 16.0 Å². The third kappa shape index (κ3) is 7.41. The zero-order chi connectivity index (χ0) is 34.8. The highest BCUT2D eigenvalue weighted by atomic mass is 16.6. The molecule has 2 saturated heterocycles. The van der Waals surface area contributed by atoms with Crippen molar-refractivity contribution in [3.8, 4) is 0 Å². The van der Waals surface area contributed by atoms with Crippen LogP contribution in [0.3, 0.4) is 0 Å². The number of benzene rings is 1. The number of fused-ring (bicyclic) bond motifs is 2. The van der Waals surface area contributed by atoms with Gasteiger partial charge < -0.3 is 25.2 Å². The van der Waals surface area contributed by atoms with E-state index in [0.29, 0.717) is 44.5 Å². The van der Waals surface area contributed by atoms with Gasteiger partial charge in [-0.25, -0.2) is 4.79 Å². The highest BCUT2D eigenvalue weighted by Crippen LogP contribution is 2.45. The van der Waals surface area contributed by atoms with E-state index in [1.54, 1.807) is 18.2 Å². The lowest BCUT2D eigenvalue weighted by Crippen LogP contribution is -2.54. The molecule has 5 amide bonds. The fraction of sp³-hybridized carbons (Fsp3) is 0.556. The lowest BCUT2D eigenvalue weighted by Gasteiger charge is -2.43. The molecule has 8 atom stereocenters. The summed E-state index contributed by atoms with van der Waals surface area (Å²) < 4.78 is 11.6. The van der Waals surface area contributed by atoms with Gasteiger partial charge in [0, 0.05) is 37.5 Å². The molecule has 5 aliphatic rings. The van der Waals surface area contributed by atoms with Gasteiger partial charge in [0.2, 0.25) is 11.8 Å². The lowest BCUT2D eigenvalue weighted by atomic mass is 9.65. The second kappa shape index (κ2) is 14.5.